The Labute approximate surface area is 134 Å². The number of hydrogen-bond acceptors (Lipinski definition) is 4. The molecule has 0 aliphatic heterocycles. The topological polar surface area (TPSA) is 68.9 Å². The van der Waals surface area contributed by atoms with E-state index in [0.717, 1.165) is 30.1 Å². The molecule has 1 aromatic heterocycles. The fourth-order valence-electron chi connectivity index (χ4n) is 3.05. The molecule has 3 rings (SSSR count). The average Bonchev–Trinajstić information content (AvgIpc) is 2.51. The molecule has 22 heavy (non-hydrogen) atoms. The molecule has 0 spiro atoms. The summed E-state index contributed by atoms with van der Waals surface area (Å²) in [6.45, 7) is -0.0216. The van der Waals surface area contributed by atoms with E-state index in [1.54, 1.807) is 12.4 Å². The minimum absolute atomic E-state index is 0.0216. The second kappa shape index (κ2) is 6.15. The normalized spacial score (nSPS) is 16.1. The third-order valence-corrected chi connectivity index (χ3v) is 4.79. The van der Waals surface area contributed by atoms with Crippen LogP contribution in [0.25, 0.3) is 0 Å². The number of Topliss-reactive ketones (excluding diaryl/α,β-unsaturated/α-hetero) is 1. The zero-order valence-electron chi connectivity index (χ0n) is 12.3. The van der Waals surface area contributed by atoms with Crippen LogP contribution in [0, 0.1) is 0 Å². The summed E-state index contributed by atoms with van der Waals surface area (Å²) in [6, 6.07) is 7.99. The summed E-state index contributed by atoms with van der Waals surface area (Å²) in [5.74, 6) is 0.601. The number of halogens is 1. The molecule has 0 unspecified atom stereocenters. The number of ketones is 1. The van der Waals surface area contributed by atoms with E-state index in [-0.39, 0.29) is 17.7 Å². The van der Waals surface area contributed by atoms with Gasteiger partial charge in [-0.25, -0.2) is 9.97 Å². The summed E-state index contributed by atoms with van der Waals surface area (Å²) in [5.41, 5.74) is 7.01. The number of carbonyl (C=O) groups is 1. The van der Waals surface area contributed by atoms with Crippen molar-refractivity contribution in [2.45, 2.75) is 31.1 Å². The molecule has 0 saturated heterocycles. The number of nitrogens with two attached hydrogens (primary N) is 1. The molecule has 0 amide bonds. The number of nitrogens with zero attached hydrogens (tertiary/aromatic N) is 2. The molecule has 1 heterocycles. The summed E-state index contributed by atoms with van der Waals surface area (Å²) in [5, 5.41) is 0.803. The first-order valence-corrected chi connectivity index (χ1v) is 7.82. The van der Waals surface area contributed by atoms with E-state index >= 15 is 0 Å². The minimum atomic E-state index is -0.143. The van der Waals surface area contributed by atoms with E-state index in [1.807, 2.05) is 18.2 Å². The third kappa shape index (κ3) is 2.76. The minimum Gasteiger partial charge on any atom is -0.324 e. The van der Waals surface area contributed by atoms with Crippen molar-refractivity contribution in [3.8, 4) is 0 Å². The summed E-state index contributed by atoms with van der Waals surface area (Å²) in [6.07, 6.45) is 7.24. The maximum Gasteiger partial charge on any atom is 0.179 e. The van der Waals surface area contributed by atoms with Gasteiger partial charge in [-0.15, -0.1) is 0 Å². The molecule has 1 aliphatic rings. The Morgan fingerprint density at radius 1 is 1.23 bits per heavy atom. The largest absolute Gasteiger partial charge is 0.324 e. The lowest BCUT2D eigenvalue weighted by atomic mass is 9.62. The van der Waals surface area contributed by atoms with Gasteiger partial charge in [-0.2, -0.15) is 0 Å². The third-order valence-electron chi connectivity index (χ3n) is 4.47. The maximum absolute atomic E-state index is 11.5. The highest BCUT2D eigenvalue weighted by Crippen LogP contribution is 2.47. The van der Waals surface area contributed by atoms with E-state index < -0.39 is 0 Å². The Morgan fingerprint density at radius 2 is 1.91 bits per heavy atom. The Kier molecular flexibility index (Phi) is 4.23. The summed E-state index contributed by atoms with van der Waals surface area (Å²) < 4.78 is 0. The van der Waals surface area contributed by atoms with Gasteiger partial charge in [0.15, 0.2) is 5.78 Å². The van der Waals surface area contributed by atoms with Crippen LogP contribution < -0.4 is 5.73 Å². The SMILES string of the molecule is NCC(=O)c1cnc(CC2(c3ccccc3Cl)CCC2)nc1. The van der Waals surface area contributed by atoms with Gasteiger partial charge in [0.05, 0.1) is 12.1 Å². The number of carbonyl (C=O) groups excluding carboxylic acids is 1. The van der Waals surface area contributed by atoms with Crippen LogP contribution in [0.1, 0.15) is 41.0 Å². The highest BCUT2D eigenvalue weighted by atomic mass is 35.5. The van der Waals surface area contributed by atoms with Gasteiger partial charge in [0.2, 0.25) is 0 Å². The van der Waals surface area contributed by atoms with Gasteiger partial charge >= 0.3 is 0 Å². The van der Waals surface area contributed by atoms with Crippen molar-refractivity contribution in [3.05, 3.63) is 58.6 Å². The molecule has 1 saturated carbocycles. The van der Waals surface area contributed by atoms with Crippen LogP contribution in [0.4, 0.5) is 0 Å². The number of aromatic nitrogens is 2. The predicted octanol–water partition coefficient (Wildman–Crippen LogP) is 2.94. The first-order valence-electron chi connectivity index (χ1n) is 7.44. The van der Waals surface area contributed by atoms with Crippen LogP contribution in [0.5, 0.6) is 0 Å². The fourth-order valence-corrected chi connectivity index (χ4v) is 3.38. The van der Waals surface area contributed by atoms with Crippen molar-refractivity contribution in [1.29, 1.82) is 0 Å². The molecule has 5 heteroatoms. The van der Waals surface area contributed by atoms with Crippen LogP contribution in [0.15, 0.2) is 36.7 Å². The van der Waals surface area contributed by atoms with Gasteiger partial charge in [0.1, 0.15) is 5.82 Å². The van der Waals surface area contributed by atoms with Crippen LogP contribution in [-0.2, 0) is 11.8 Å². The van der Waals surface area contributed by atoms with Gasteiger partial charge in [0.25, 0.3) is 0 Å². The van der Waals surface area contributed by atoms with Crippen molar-refractivity contribution in [1.82, 2.24) is 9.97 Å². The van der Waals surface area contributed by atoms with Crippen LogP contribution in [-0.4, -0.2) is 22.3 Å². The number of benzene rings is 1. The monoisotopic (exact) mass is 315 g/mol. The maximum atomic E-state index is 11.5. The van der Waals surface area contributed by atoms with Crippen molar-refractivity contribution < 1.29 is 4.79 Å². The van der Waals surface area contributed by atoms with Gasteiger partial charge < -0.3 is 5.73 Å². The van der Waals surface area contributed by atoms with Gasteiger partial charge in [0, 0.05) is 29.3 Å². The van der Waals surface area contributed by atoms with E-state index in [9.17, 15) is 4.79 Å². The Morgan fingerprint density at radius 3 is 2.45 bits per heavy atom. The second-order valence-corrected chi connectivity index (χ2v) is 6.21. The molecule has 0 bridgehead atoms. The molecule has 0 radical (unpaired) electrons. The Hall–Kier alpha value is -1.78. The number of rotatable bonds is 5. The van der Waals surface area contributed by atoms with Crippen molar-refractivity contribution in [3.63, 3.8) is 0 Å². The zero-order chi connectivity index (χ0) is 15.6. The van der Waals surface area contributed by atoms with Gasteiger partial charge in [-0.3, -0.25) is 4.79 Å². The molecule has 4 nitrogen and oxygen atoms in total. The van der Waals surface area contributed by atoms with Crippen molar-refractivity contribution >= 4 is 17.4 Å². The van der Waals surface area contributed by atoms with Crippen molar-refractivity contribution in [2.24, 2.45) is 5.73 Å². The first kappa shape index (κ1) is 15.1. The Bertz CT molecular complexity index is 681. The summed E-state index contributed by atoms with van der Waals surface area (Å²) in [4.78, 5) is 20.2. The first-order chi connectivity index (χ1) is 10.6. The van der Waals surface area contributed by atoms with E-state index in [0.29, 0.717) is 5.56 Å². The van der Waals surface area contributed by atoms with Crippen LogP contribution in [0.2, 0.25) is 5.02 Å². The number of hydrogen-bond donors (Lipinski definition) is 1. The molecule has 0 atom stereocenters. The molecule has 1 aromatic carbocycles. The predicted molar refractivity (Wildman–Crippen MR) is 86.1 cm³/mol. The lowest BCUT2D eigenvalue weighted by molar-refractivity contribution is 0.100. The van der Waals surface area contributed by atoms with E-state index in [1.165, 1.54) is 12.0 Å². The van der Waals surface area contributed by atoms with E-state index in [2.05, 4.69) is 16.0 Å². The summed E-state index contributed by atoms with van der Waals surface area (Å²) in [7, 11) is 0. The van der Waals surface area contributed by atoms with Crippen molar-refractivity contribution in [2.75, 3.05) is 6.54 Å². The molecule has 2 N–H and O–H groups in total. The van der Waals surface area contributed by atoms with Crippen LogP contribution in [0.3, 0.4) is 0 Å². The van der Waals surface area contributed by atoms with Gasteiger partial charge in [-0.05, 0) is 24.5 Å². The smallest absolute Gasteiger partial charge is 0.179 e. The zero-order valence-corrected chi connectivity index (χ0v) is 13.0. The Balaban J connectivity index is 1.84. The average molecular weight is 316 g/mol. The van der Waals surface area contributed by atoms with Gasteiger partial charge in [-0.1, -0.05) is 36.2 Å². The molecule has 114 valence electrons. The standard InChI is InChI=1S/C17H18ClN3O/c18-14-5-2-1-4-13(14)17(6-3-7-17)8-16-20-10-12(11-21-16)15(22)9-19/h1-2,4-5,10-11H,3,6-9,19H2. The fraction of sp³-hybridized carbons (Fsp3) is 0.353. The molecule has 1 aliphatic carbocycles. The lowest BCUT2D eigenvalue weighted by Crippen LogP contribution is -2.37. The highest BCUT2D eigenvalue weighted by Gasteiger charge is 2.40. The highest BCUT2D eigenvalue weighted by molar-refractivity contribution is 6.31. The molecular weight excluding hydrogens is 298 g/mol. The molecule has 2 aromatic rings. The summed E-state index contributed by atoms with van der Waals surface area (Å²) >= 11 is 6.37. The molecule has 1 fully saturated rings. The lowest BCUT2D eigenvalue weighted by Gasteiger charge is -2.42. The molecular formula is C17H18ClN3O. The van der Waals surface area contributed by atoms with E-state index in [4.69, 9.17) is 17.3 Å². The second-order valence-electron chi connectivity index (χ2n) is 5.81. The quantitative estimate of drug-likeness (QED) is 0.861. The van der Waals surface area contributed by atoms with Crippen LogP contribution >= 0.6 is 11.6 Å².